The van der Waals surface area contributed by atoms with Gasteiger partial charge in [0.2, 0.25) is 5.91 Å². The highest BCUT2D eigenvalue weighted by Gasteiger charge is 2.14. The number of carbonyl (C=O) groups is 3. The number of hydrogen-bond donors (Lipinski definition) is 3. The molecule has 0 unspecified atom stereocenters. The van der Waals surface area contributed by atoms with Gasteiger partial charge in [0, 0.05) is 35.7 Å². The third-order valence-corrected chi connectivity index (χ3v) is 3.89. The standard InChI is InChI=1S/C19H22N4O3/c1-3-23(4-2)16-11-9-15(10-12-16)22-19(26)18(25)21-14-7-5-13(6-8-14)17(20)24/h5-12H,3-4H2,1-2H3,(H2,20,24)(H,21,25)(H,22,26). The average Bonchev–Trinajstić information content (AvgIpc) is 2.64. The van der Waals surface area contributed by atoms with Gasteiger partial charge in [-0.15, -0.1) is 0 Å². The van der Waals surface area contributed by atoms with Crippen molar-refractivity contribution < 1.29 is 14.4 Å². The highest BCUT2D eigenvalue weighted by Crippen LogP contribution is 2.17. The number of amides is 3. The minimum Gasteiger partial charge on any atom is -0.372 e. The number of carbonyl (C=O) groups excluding carboxylic acids is 3. The number of nitrogens with two attached hydrogens (primary N) is 1. The van der Waals surface area contributed by atoms with Crippen molar-refractivity contribution in [3.63, 3.8) is 0 Å². The van der Waals surface area contributed by atoms with Crippen LogP contribution in [0.15, 0.2) is 48.5 Å². The van der Waals surface area contributed by atoms with Crippen LogP contribution in [0.2, 0.25) is 0 Å². The van der Waals surface area contributed by atoms with Crippen molar-refractivity contribution in [1.29, 1.82) is 0 Å². The molecular formula is C19H22N4O3. The van der Waals surface area contributed by atoms with E-state index in [0.29, 0.717) is 16.9 Å². The second kappa shape index (κ2) is 8.66. The fraction of sp³-hybridized carbons (Fsp3) is 0.211. The zero-order chi connectivity index (χ0) is 19.1. The van der Waals surface area contributed by atoms with Crippen LogP contribution in [0.1, 0.15) is 24.2 Å². The summed E-state index contributed by atoms with van der Waals surface area (Å²) in [6, 6.07) is 13.2. The second-order valence-electron chi connectivity index (χ2n) is 5.57. The minimum atomic E-state index is -0.801. The maximum absolute atomic E-state index is 12.0. The van der Waals surface area contributed by atoms with Crippen LogP contribution >= 0.6 is 0 Å². The maximum atomic E-state index is 12.0. The Balaban J connectivity index is 1.96. The Bertz CT molecular complexity index is 781. The summed E-state index contributed by atoms with van der Waals surface area (Å²) in [5.41, 5.74) is 7.45. The Labute approximate surface area is 152 Å². The van der Waals surface area contributed by atoms with Crippen molar-refractivity contribution in [3.05, 3.63) is 54.1 Å². The number of hydrogen-bond acceptors (Lipinski definition) is 4. The Kier molecular flexibility index (Phi) is 6.32. The summed E-state index contributed by atoms with van der Waals surface area (Å²) in [6.07, 6.45) is 0. The normalized spacial score (nSPS) is 10.1. The SMILES string of the molecule is CCN(CC)c1ccc(NC(=O)C(=O)Nc2ccc(C(N)=O)cc2)cc1. The predicted octanol–water partition coefficient (Wildman–Crippen LogP) is 2.21. The van der Waals surface area contributed by atoms with Crippen LogP contribution in [0.25, 0.3) is 0 Å². The number of primary amides is 1. The van der Waals surface area contributed by atoms with Crippen molar-refractivity contribution in [2.24, 2.45) is 5.73 Å². The molecule has 0 fully saturated rings. The van der Waals surface area contributed by atoms with Gasteiger partial charge in [0.15, 0.2) is 0 Å². The molecule has 0 saturated carbocycles. The highest BCUT2D eigenvalue weighted by atomic mass is 16.2. The van der Waals surface area contributed by atoms with E-state index in [1.165, 1.54) is 24.3 Å². The number of nitrogens with one attached hydrogen (secondary N) is 2. The number of anilines is 3. The Morgan fingerprint density at radius 1 is 0.808 bits per heavy atom. The topological polar surface area (TPSA) is 105 Å². The number of rotatable bonds is 6. The van der Waals surface area contributed by atoms with Gasteiger partial charge in [-0.05, 0) is 62.4 Å². The van der Waals surface area contributed by atoms with Crippen molar-refractivity contribution >= 4 is 34.8 Å². The molecule has 0 atom stereocenters. The van der Waals surface area contributed by atoms with E-state index in [0.717, 1.165) is 18.8 Å². The average molecular weight is 354 g/mol. The van der Waals surface area contributed by atoms with E-state index in [1.807, 2.05) is 12.1 Å². The Hall–Kier alpha value is -3.35. The molecule has 0 saturated heterocycles. The van der Waals surface area contributed by atoms with E-state index in [1.54, 1.807) is 12.1 Å². The summed E-state index contributed by atoms with van der Waals surface area (Å²) in [4.78, 5) is 37.2. The first-order valence-corrected chi connectivity index (χ1v) is 8.31. The molecule has 2 rings (SSSR count). The lowest BCUT2D eigenvalue weighted by molar-refractivity contribution is -0.132. The molecular weight excluding hydrogens is 332 g/mol. The van der Waals surface area contributed by atoms with Crippen LogP contribution in [-0.2, 0) is 9.59 Å². The smallest absolute Gasteiger partial charge is 0.314 e. The largest absolute Gasteiger partial charge is 0.372 e. The van der Waals surface area contributed by atoms with Crippen molar-refractivity contribution in [1.82, 2.24) is 0 Å². The van der Waals surface area contributed by atoms with E-state index in [9.17, 15) is 14.4 Å². The lowest BCUT2D eigenvalue weighted by atomic mass is 10.2. The first kappa shape index (κ1) is 19.0. The van der Waals surface area contributed by atoms with Crippen LogP contribution in [-0.4, -0.2) is 30.8 Å². The first-order chi connectivity index (χ1) is 12.4. The summed E-state index contributed by atoms with van der Waals surface area (Å²) in [6.45, 7) is 5.91. The number of benzene rings is 2. The predicted molar refractivity (Wildman–Crippen MR) is 102 cm³/mol. The summed E-state index contributed by atoms with van der Waals surface area (Å²) in [7, 11) is 0. The van der Waals surface area contributed by atoms with E-state index >= 15 is 0 Å². The summed E-state index contributed by atoms with van der Waals surface area (Å²) in [5, 5.41) is 5.01. The lowest BCUT2D eigenvalue weighted by Crippen LogP contribution is -2.29. The molecule has 2 aromatic carbocycles. The highest BCUT2D eigenvalue weighted by molar-refractivity contribution is 6.43. The van der Waals surface area contributed by atoms with E-state index < -0.39 is 17.7 Å². The molecule has 0 aromatic heterocycles. The number of nitrogens with zero attached hydrogens (tertiary/aromatic N) is 1. The Morgan fingerprint density at radius 2 is 1.23 bits per heavy atom. The van der Waals surface area contributed by atoms with Crippen LogP contribution in [0.3, 0.4) is 0 Å². The van der Waals surface area contributed by atoms with Gasteiger partial charge in [0.1, 0.15) is 0 Å². The molecule has 3 amide bonds. The molecule has 7 nitrogen and oxygen atoms in total. The summed E-state index contributed by atoms with van der Waals surface area (Å²) < 4.78 is 0. The molecule has 0 aliphatic heterocycles. The molecule has 2 aromatic rings. The Morgan fingerprint density at radius 3 is 1.62 bits per heavy atom. The molecule has 136 valence electrons. The van der Waals surface area contributed by atoms with E-state index in [4.69, 9.17) is 5.73 Å². The molecule has 7 heteroatoms. The van der Waals surface area contributed by atoms with Gasteiger partial charge in [0.25, 0.3) is 0 Å². The quantitative estimate of drug-likeness (QED) is 0.692. The van der Waals surface area contributed by atoms with Crippen LogP contribution in [0, 0.1) is 0 Å². The minimum absolute atomic E-state index is 0.320. The van der Waals surface area contributed by atoms with Gasteiger partial charge in [-0.25, -0.2) is 0 Å². The maximum Gasteiger partial charge on any atom is 0.314 e. The lowest BCUT2D eigenvalue weighted by Gasteiger charge is -2.21. The zero-order valence-corrected chi connectivity index (χ0v) is 14.8. The third-order valence-electron chi connectivity index (χ3n) is 3.89. The van der Waals surface area contributed by atoms with Crippen LogP contribution in [0.5, 0.6) is 0 Å². The van der Waals surface area contributed by atoms with Gasteiger partial charge >= 0.3 is 11.8 Å². The van der Waals surface area contributed by atoms with Gasteiger partial charge in [-0.3, -0.25) is 14.4 Å². The van der Waals surface area contributed by atoms with Gasteiger partial charge in [-0.2, -0.15) is 0 Å². The molecule has 26 heavy (non-hydrogen) atoms. The van der Waals surface area contributed by atoms with Crippen molar-refractivity contribution in [2.75, 3.05) is 28.6 Å². The van der Waals surface area contributed by atoms with Gasteiger partial charge in [0.05, 0.1) is 0 Å². The molecule has 0 bridgehead atoms. The summed E-state index contributed by atoms with van der Waals surface area (Å²) in [5.74, 6) is -2.14. The molecule has 0 aliphatic rings. The van der Waals surface area contributed by atoms with E-state index in [2.05, 4.69) is 29.4 Å². The van der Waals surface area contributed by atoms with Crippen LogP contribution < -0.4 is 21.3 Å². The molecule has 0 spiro atoms. The molecule has 0 heterocycles. The molecule has 4 N–H and O–H groups in total. The van der Waals surface area contributed by atoms with Gasteiger partial charge < -0.3 is 21.3 Å². The monoisotopic (exact) mass is 354 g/mol. The van der Waals surface area contributed by atoms with E-state index in [-0.39, 0.29) is 0 Å². The molecule has 0 radical (unpaired) electrons. The van der Waals surface area contributed by atoms with Crippen molar-refractivity contribution in [3.8, 4) is 0 Å². The van der Waals surface area contributed by atoms with Crippen LogP contribution in [0.4, 0.5) is 17.1 Å². The third kappa shape index (κ3) is 4.83. The van der Waals surface area contributed by atoms with Crippen molar-refractivity contribution in [2.45, 2.75) is 13.8 Å². The fourth-order valence-electron chi connectivity index (χ4n) is 2.44. The first-order valence-electron chi connectivity index (χ1n) is 8.31. The van der Waals surface area contributed by atoms with Gasteiger partial charge in [-0.1, -0.05) is 0 Å². The second-order valence-corrected chi connectivity index (χ2v) is 5.57. The fourth-order valence-corrected chi connectivity index (χ4v) is 2.44. The molecule has 0 aliphatic carbocycles. The zero-order valence-electron chi connectivity index (χ0n) is 14.8. The summed E-state index contributed by atoms with van der Waals surface area (Å²) >= 11 is 0.